The number of benzene rings is 8. The summed E-state index contributed by atoms with van der Waals surface area (Å²) in [5.74, 6) is 1.71. The zero-order valence-corrected chi connectivity index (χ0v) is 30.4. The summed E-state index contributed by atoms with van der Waals surface area (Å²) in [6.45, 7) is 0. The van der Waals surface area contributed by atoms with Gasteiger partial charge in [0.1, 0.15) is 22.3 Å². The van der Waals surface area contributed by atoms with Crippen LogP contribution < -0.4 is 0 Å². The minimum atomic E-state index is 0.558. The molecule has 8 aromatic carbocycles. The van der Waals surface area contributed by atoms with Crippen molar-refractivity contribution in [2.24, 2.45) is 0 Å². The van der Waals surface area contributed by atoms with E-state index in [1.54, 1.807) is 0 Å². The van der Waals surface area contributed by atoms with Gasteiger partial charge in [-0.2, -0.15) is 0 Å². The molecule has 0 N–H and O–H groups in total. The molecule has 0 aliphatic rings. The van der Waals surface area contributed by atoms with E-state index in [1.165, 1.54) is 16.3 Å². The van der Waals surface area contributed by atoms with Gasteiger partial charge in [-0.1, -0.05) is 121 Å². The lowest BCUT2D eigenvalue weighted by Crippen LogP contribution is -2.00. The van der Waals surface area contributed by atoms with E-state index in [-0.39, 0.29) is 0 Å². The zero-order chi connectivity index (χ0) is 37.5. The molecule has 0 unspecified atom stereocenters. The van der Waals surface area contributed by atoms with Crippen LogP contribution in [0.5, 0.6) is 0 Å². The van der Waals surface area contributed by atoms with E-state index in [0.717, 1.165) is 82.9 Å². The molecule has 266 valence electrons. The smallest absolute Gasteiger partial charge is 0.164 e. The summed E-state index contributed by atoms with van der Waals surface area (Å²) in [5.41, 5.74) is 11.5. The van der Waals surface area contributed by atoms with Gasteiger partial charge in [-0.25, -0.2) is 15.0 Å². The maximum atomic E-state index is 6.71. The van der Waals surface area contributed by atoms with Crippen LogP contribution in [0.3, 0.4) is 0 Å². The molecule has 6 heteroatoms. The molecule has 0 aliphatic carbocycles. The second kappa shape index (κ2) is 12.3. The lowest BCUT2D eigenvalue weighted by atomic mass is 10.0. The third-order valence-corrected chi connectivity index (χ3v) is 11.0. The summed E-state index contributed by atoms with van der Waals surface area (Å²) >= 11 is 0. The van der Waals surface area contributed by atoms with E-state index < -0.39 is 0 Å². The van der Waals surface area contributed by atoms with E-state index >= 15 is 0 Å². The molecule has 0 amide bonds. The number of para-hydroxylation sites is 2. The van der Waals surface area contributed by atoms with Crippen LogP contribution in [0.2, 0.25) is 0 Å². The van der Waals surface area contributed by atoms with Gasteiger partial charge in [-0.15, -0.1) is 0 Å². The molecule has 12 aromatic rings. The summed E-state index contributed by atoms with van der Waals surface area (Å²) in [7, 11) is 0. The largest absolute Gasteiger partial charge is 0.456 e. The highest BCUT2D eigenvalue weighted by Crippen LogP contribution is 2.42. The van der Waals surface area contributed by atoms with E-state index in [1.807, 2.05) is 54.6 Å². The molecule has 0 saturated heterocycles. The maximum Gasteiger partial charge on any atom is 0.164 e. The topological polar surface area (TPSA) is 69.9 Å². The normalized spacial score (nSPS) is 11.9. The van der Waals surface area contributed by atoms with Crippen LogP contribution in [-0.4, -0.2) is 19.5 Å². The first-order chi connectivity index (χ1) is 28.2. The lowest BCUT2D eigenvalue weighted by molar-refractivity contribution is 0.669. The van der Waals surface area contributed by atoms with Gasteiger partial charge in [0.05, 0.1) is 16.4 Å². The van der Waals surface area contributed by atoms with Crippen molar-refractivity contribution in [3.8, 4) is 51.0 Å². The van der Waals surface area contributed by atoms with Crippen LogP contribution in [0, 0.1) is 0 Å². The van der Waals surface area contributed by atoms with Crippen molar-refractivity contribution < 1.29 is 8.83 Å². The molecule has 0 bridgehead atoms. The van der Waals surface area contributed by atoms with Gasteiger partial charge >= 0.3 is 0 Å². The Hall–Kier alpha value is -7.83. The van der Waals surface area contributed by atoms with Gasteiger partial charge in [0.2, 0.25) is 0 Å². The Kier molecular flexibility index (Phi) is 6.83. The van der Waals surface area contributed by atoms with Crippen molar-refractivity contribution in [2.45, 2.75) is 0 Å². The minimum Gasteiger partial charge on any atom is -0.456 e. The maximum absolute atomic E-state index is 6.71. The highest BCUT2D eigenvalue weighted by Gasteiger charge is 2.21. The zero-order valence-electron chi connectivity index (χ0n) is 30.4. The van der Waals surface area contributed by atoms with Crippen molar-refractivity contribution in [3.05, 3.63) is 182 Å². The van der Waals surface area contributed by atoms with E-state index in [2.05, 4.69) is 132 Å². The van der Waals surface area contributed by atoms with E-state index in [4.69, 9.17) is 23.8 Å². The molecule has 57 heavy (non-hydrogen) atoms. The van der Waals surface area contributed by atoms with Gasteiger partial charge in [-0.3, -0.25) is 0 Å². The number of aromatic nitrogens is 4. The first-order valence-electron chi connectivity index (χ1n) is 19.0. The highest BCUT2D eigenvalue weighted by molar-refractivity contribution is 6.24. The molecule has 0 radical (unpaired) electrons. The second-order valence-electron chi connectivity index (χ2n) is 14.4. The Balaban J connectivity index is 1.05. The molecule has 6 nitrogen and oxygen atoms in total. The number of hydrogen-bond acceptors (Lipinski definition) is 5. The van der Waals surface area contributed by atoms with Crippen molar-refractivity contribution in [1.29, 1.82) is 0 Å². The van der Waals surface area contributed by atoms with Gasteiger partial charge in [0.15, 0.2) is 17.5 Å². The van der Waals surface area contributed by atoms with Gasteiger partial charge in [0.25, 0.3) is 0 Å². The summed E-state index contributed by atoms with van der Waals surface area (Å²) in [4.78, 5) is 15.1. The number of rotatable bonds is 5. The van der Waals surface area contributed by atoms with Gasteiger partial charge in [0, 0.05) is 49.3 Å². The number of furan rings is 2. The molecule has 0 atom stereocenters. The lowest BCUT2D eigenvalue weighted by Gasteiger charge is -2.11. The standard InChI is InChI=1S/C51H30N4O2/c1-3-12-31(13-4-1)33-16-11-17-36(28-33)55-42-20-9-7-18-37(42)40-26-27-44-47(48(40)55)41-25-23-35(30-46(41)57-44)51-53-49(32-14-5-2-6-15-32)52-50(54-51)34-22-24-39-38-19-8-10-21-43(38)56-45(39)29-34/h1-30H. The molecule has 4 heterocycles. The summed E-state index contributed by atoms with van der Waals surface area (Å²) in [5, 5.41) is 6.59. The summed E-state index contributed by atoms with van der Waals surface area (Å²) < 4.78 is 15.3. The van der Waals surface area contributed by atoms with Gasteiger partial charge in [-0.05, 0) is 71.8 Å². The number of fused-ring (bicyclic) bond motifs is 10. The summed E-state index contributed by atoms with van der Waals surface area (Å²) in [6.07, 6.45) is 0. The molecule has 0 aliphatic heterocycles. The van der Waals surface area contributed by atoms with Crippen LogP contribution in [0.15, 0.2) is 191 Å². The Bertz CT molecular complexity index is 3530. The van der Waals surface area contributed by atoms with Crippen LogP contribution in [0.1, 0.15) is 0 Å². The van der Waals surface area contributed by atoms with Gasteiger partial charge < -0.3 is 13.4 Å². The van der Waals surface area contributed by atoms with E-state index in [0.29, 0.717) is 17.5 Å². The predicted octanol–water partition coefficient (Wildman–Crippen LogP) is 13.4. The third kappa shape index (κ3) is 5.01. The van der Waals surface area contributed by atoms with Crippen molar-refractivity contribution in [2.75, 3.05) is 0 Å². The van der Waals surface area contributed by atoms with Crippen LogP contribution in [0.25, 0.3) is 117 Å². The van der Waals surface area contributed by atoms with Crippen molar-refractivity contribution in [3.63, 3.8) is 0 Å². The van der Waals surface area contributed by atoms with Crippen molar-refractivity contribution >= 4 is 65.7 Å². The first kappa shape index (κ1) is 31.5. The molecule has 0 spiro atoms. The molecule has 4 aromatic heterocycles. The first-order valence-corrected chi connectivity index (χ1v) is 19.0. The minimum absolute atomic E-state index is 0.558. The molecular weight excluding hydrogens is 701 g/mol. The van der Waals surface area contributed by atoms with E-state index in [9.17, 15) is 0 Å². The fraction of sp³-hybridized carbons (Fsp3) is 0. The monoisotopic (exact) mass is 730 g/mol. The average molecular weight is 731 g/mol. The molecule has 12 rings (SSSR count). The second-order valence-corrected chi connectivity index (χ2v) is 14.4. The van der Waals surface area contributed by atoms with Crippen molar-refractivity contribution in [1.82, 2.24) is 19.5 Å². The Morgan fingerprint density at radius 3 is 1.67 bits per heavy atom. The average Bonchev–Trinajstić information content (AvgIpc) is 3.95. The molecular formula is C51H30N4O2. The Morgan fingerprint density at radius 2 is 0.895 bits per heavy atom. The van der Waals surface area contributed by atoms with Crippen LogP contribution >= 0.6 is 0 Å². The highest BCUT2D eigenvalue weighted by atomic mass is 16.3. The fourth-order valence-corrected chi connectivity index (χ4v) is 8.39. The molecule has 0 fully saturated rings. The van der Waals surface area contributed by atoms with Crippen LogP contribution in [0.4, 0.5) is 0 Å². The SMILES string of the molecule is c1ccc(-c2cccc(-n3c4ccccc4c4ccc5oc6cc(-c7nc(-c8ccccc8)nc(-c8ccc9c(c8)oc8ccccc89)n7)ccc6c5c43)c2)cc1. The quantitative estimate of drug-likeness (QED) is 0.176. The Morgan fingerprint density at radius 1 is 0.333 bits per heavy atom. The number of nitrogens with zero attached hydrogens (tertiary/aromatic N) is 4. The predicted molar refractivity (Wildman–Crippen MR) is 230 cm³/mol. The molecule has 0 saturated carbocycles. The summed E-state index contributed by atoms with van der Waals surface area (Å²) in [6, 6.07) is 62.8. The fourth-order valence-electron chi connectivity index (χ4n) is 8.39. The third-order valence-electron chi connectivity index (χ3n) is 11.0. The van der Waals surface area contributed by atoms with Crippen LogP contribution in [-0.2, 0) is 0 Å². The Labute approximate surface area is 325 Å². The number of hydrogen-bond donors (Lipinski definition) is 0.